The number of aromatic nitrogens is 2. The van der Waals surface area contributed by atoms with Gasteiger partial charge in [0.1, 0.15) is 0 Å². The molecular formula is C19H18ClN3O2. The fourth-order valence-corrected chi connectivity index (χ4v) is 2.52. The minimum absolute atomic E-state index is 0.0880. The SMILES string of the molecule is Cc1ccc(-c2noc(CCC(=O)NCc3ccccc3Cl)n2)cc1. The van der Waals surface area contributed by atoms with Gasteiger partial charge in [0.15, 0.2) is 0 Å². The lowest BCUT2D eigenvalue weighted by molar-refractivity contribution is -0.121. The zero-order valence-electron chi connectivity index (χ0n) is 13.8. The van der Waals surface area contributed by atoms with E-state index in [1.807, 2.05) is 49.4 Å². The van der Waals surface area contributed by atoms with Crippen LogP contribution in [0.2, 0.25) is 5.02 Å². The van der Waals surface area contributed by atoms with Crippen LogP contribution < -0.4 is 5.32 Å². The van der Waals surface area contributed by atoms with Crippen LogP contribution >= 0.6 is 11.6 Å². The van der Waals surface area contributed by atoms with Crippen molar-refractivity contribution in [2.45, 2.75) is 26.3 Å². The Morgan fingerprint density at radius 3 is 2.68 bits per heavy atom. The molecule has 0 fully saturated rings. The first-order valence-electron chi connectivity index (χ1n) is 8.01. The topological polar surface area (TPSA) is 68.0 Å². The van der Waals surface area contributed by atoms with Crippen LogP contribution in [-0.2, 0) is 17.8 Å². The molecule has 2 aromatic carbocycles. The minimum atomic E-state index is -0.0880. The van der Waals surface area contributed by atoms with Gasteiger partial charge in [0.25, 0.3) is 0 Å². The van der Waals surface area contributed by atoms with Gasteiger partial charge in [-0.2, -0.15) is 4.98 Å². The predicted molar refractivity (Wildman–Crippen MR) is 96.1 cm³/mol. The molecule has 1 amide bonds. The van der Waals surface area contributed by atoms with Gasteiger partial charge in [-0.25, -0.2) is 0 Å². The molecule has 0 aliphatic heterocycles. The lowest BCUT2D eigenvalue weighted by Crippen LogP contribution is -2.23. The van der Waals surface area contributed by atoms with Gasteiger partial charge in [-0.15, -0.1) is 0 Å². The maximum Gasteiger partial charge on any atom is 0.227 e. The molecule has 0 saturated heterocycles. The first-order valence-corrected chi connectivity index (χ1v) is 8.39. The highest BCUT2D eigenvalue weighted by molar-refractivity contribution is 6.31. The summed E-state index contributed by atoms with van der Waals surface area (Å²) < 4.78 is 5.22. The van der Waals surface area contributed by atoms with E-state index in [2.05, 4.69) is 15.5 Å². The normalized spacial score (nSPS) is 10.6. The molecule has 0 bridgehead atoms. The summed E-state index contributed by atoms with van der Waals surface area (Å²) in [7, 11) is 0. The van der Waals surface area contributed by atoms with Crippen LogP contribution in [0.5, 0.6) is 0 Å². The molecule has 0 saturated carbocycles. The zero-order valence-corrected chi connectivity index (χ0v) is 14.6. The van der Waals surface area contributed by atoms with Crippen LogP contribution in [0.3, 0.4) is 0 Å². The van der Waals surface area contributed by atoms with E-state index in [0.717, 1.165) is 11.1 Å². The highest BCUT2D eigenvalue weighted by atomic mass is 35.5. The summed E-state index contributed by atoms with van der Waals surface area (Å²) in [5.74, 6) is 0.893. The molecule has 1 heterocycles. The Hall–Kier alpha value is -2.66. The average molecular weight is 356 g/mol. The molecule has 3 rings (SSSR count). The first-order chi connectivity index (χ1) is 12.1. The molecule has 3 aromatic rings. The van der Waals surface area contributed by atoms with Crippen LogP contribution in [0.15, 0.2) is 53.1 Å². The summed E-state index contributed by atoms with van der Waals surface area (Å²) in [6.45, 7) is 2.42. The number of nitrogens with one attached hydrogen (secondary N) is 1. The quantitative estimate of drug-likeness (QED) is 0.727. The number of aryl methyl sites for hydroxylation is 2. The van der Waals surface area contributed by atoms with Crippen molar-refractivity contribution < 1.29 is 9.32 Å². The number of benzene rings is 2. The Morgan fingerprint density at radius 1 is 1.16 bits per heavy atom. The van der Waals surface area contributed by atoms with Crippen molar-refractivity contribution in [3.8, 4) is 11.4 Å². The number of hydrogen-bond acceptors (Lipinski definition) is 4. The van der Waals surface area contributed by atoms with Crippen LogP contribution in [0.25, 0.3) is 11.4 Å². The van der Waals surface area contributed by atoms with Crippen molar-refractivity contribution in [2.24, 2.45) is 0 Å². The molecule has 0 radical (unpaired) electrons. The van der Waals surface area contributed by atoms with E-state index in [4.69, 9.17) is 16.1 Å². The molecule has 6 heteroatoms. The standard InChI is InChI=1S/C19H18ClN3O2/c1-13-6-8-14(9-7-13)19-22-18(25-23-19)11-10-17(24)21-12-15-4-2-3-5-16(15)20/h2-9H,10-12H2,1H3,(H,21,24). The molecule has 1 N–H and O–H groups in total. The van der Waals surface area contributed by atoms with E-state index in [0.29, 0.717) is 29.7 Å². The number of carbonyl (C=O) groups is 1. The van der Waals surface area contributed by atoms with Gasteiger partial charge < -0.3 is 9.84 Å². The van der Waals surface area contributed by atoms with Gasteiger partial charge in [0.2, 0.25) is 17.6 Å². The number of halogens is 1. The molecule has 1 aromatic heterocycles. The van der Waals surface area contributed by atoms with Gasteiger partial charge in [0.05, 0.1) is 0 Å². The van der Waals surface area contributed by atoms with Gasteiger partial charge in [-0.1, -0.05) is 64.8 Å². The van der Waals surface area contributed by atoms with E-state index in [9.17, 15) is 4.79 Å². The molecule has 0 aliphatic carbocycles. The third kappa shape index (κ3) is 4.67. The second kappa shape index (κ2) is 7.94. The van der Waals surface area contributed by atoms with E-state index >= 15 is 0 Å². The lowest BCUT2D eigenvalue weighted by atomic mass is 10.1. The second-order valence-corrected chi connectivity index (χ2v) is 6.15. The first kappa shape index (κ1) is 17.2. The number of nitrogens with zero attached hydrogens (tertiary/aromatic N) is 2. The van der Waals surface area contributed by atoms with E-state index in [1.165, 1.54) is 5.56 Å². The average Bonchev–Trinajstić information content (AvgIpc) is 3.09. The third-order valence-corrected chi connectivity index (χ3v) is 4.15. The Balaban J connectivity index is 1.51. The van der Waals surface area contributed by atoms with Crippen LogP contribution in [0, 0.1) is 6.92 Å². The minimum Gasteiger partial charge on any atom is -0.352 e. The number of amides is 1. The molecule has 25 heavy (non-hydrogen) atoms. The lowest BCUT2D eigenvalue weighted by Gasteiger charge is -2.05. The van der Waals surface area contributed by atoms with Gasteiger partial charge in [-0.3, -0.25) is 4.79 Å². The fourth-order valence-electron chi connectivity index (χ4n) is 2.32. The Bertz CT molecular complexity index is 859. The Labute approximate surface area is 151 Å². The molecule has 0 aliphatic rings. The third-order valence-electron chi connectivity index (χ3n) is 3.78. The van der Waals surface area contributed by atoms with E-state index in [1.54, 1.807) is 6.07 Å². The van der Waals surface area contributed by atoms with Crippen molar-refractivity contribution in [1.29, 1.82) is 0 Å². The van der Waals surface area contributed by atoms with Gasteiger partial charge in [0, 0.05) is 30.0 Å². The maximum atomic E-state index is 12.0. The highest BCUT2D eigenvalue weighted by Gasteiger charge is 2.11. The largest absolute Gasteiger partial charge is 0.352 e. The molecular weight excluding hydrogens is 338 g/mol. The van der Waals surface area contributed by atoms with Crippen molar-refractivity contribution in [3.05, 3.63) is 70.6 Å². The number of rotatable bonds is 6. The predicted octanol–water partition coefficient (Wildman–Crippen LogP) is 3.95. The summed E-state index contributed by atoms with van der Waals surface area (Å²) in [6, 6.07) is 15.3. The fraction of sp³-hybridized carbons (Fsp3) is 0.211. The molecule has 0 spiro atoms. The Kier molecular flexibility index (Phi) is 5.46. The van der Waals surface area contributed by atoms with Crippen LogP contribution in [0.1, 0.15) is 23.4 Å². The number of carbonyl (C=O) groups excluding carboxylic acids is 1. The molecule has 0 atom stereocenters. The van der Waals surface area contributed by atoms with Crippen molar-refractivity contribution in [2.75, 3.05) is 0 Å². The monoisotopic (exact) mass is 355 g/mol. The van der Waals surface area contributed by atoms with E-state index < -0.39 is 0 Å². The van der Waals surface area contributed by atoms with Crippen molar-refractivity contribution >= 4 is 17.5 Å². The number of hydrogen-bond donors (Lipinski definition) is 1. The zero-order chi connectivity index (χ0) is 17.6. The van der Waals surface area contributed by atoms with E-state index in [-0.39, 0.29) is 12.3 Å². The summed E-state index contributed by atoms with van der Waals surface area (Å²) in [5, 5.41) is 7.45. The second-order valence-electron chi connectivity index (χ2n) is 5.75. The molecule has 5 nitrogen and oxygen atoms in total. The summed E-state index contributed by atoms with van der Waals surface area (Å²) in [4.78, 5) is 16.3. The highest BCUT2D eigenvalue weighted by Crippen LogP contribution is 2.17. The van der Waals surface area contributed by atoms with Crippen molar-refractivity contribution in [3.63, 3.8) is 0 Å². The summed E-state index contributed by atoms with van der Waals surface area (Å²) >= 11 is 6.07. The smallest absolute Gasteiger partial charge is 0.227 e. The Morgan fingerprint density at radius 2 is 1.92 bits per heavy atom. The van der Waals surface area contributed by atoms with Crippen LogP contribution in [0.4, 0.5) is 0 Å². The van der Waals surface area contributed by atoms with Gasteiger partial charge >= 0.3 is 0 Å². The summed E-state index contributed by atoms with van der Waals surface area (Å²) in [6.07, 6.45) is 0.674. The molecule has 128 valence electrons. The summed E-state index contributed by atoms with van der Waals surface area (Å²) in [5.41, 5.74) is 2.95. The molecule has 0 unspecified atom stereocenters. The van der Waals surface area contributed by atoms with Crippen molar-refractivity contribution in [1.82, 2.24) is 15.5 Å². The van der Waals surface area contributed by atoms with Gasteiger partial charge in [-0.05, 0) is 18.6 Å². The maximum absolute atomic E-state index is 12.0. The van der Waals surface area contributed by atoms with Crippen LogP contribution in [-0.4, -0.2) is 16.0 Å².